The van der Waals surface area contributed by atoms with E-state index in [1.165, 1.54) is 6.20 Å². The van der Waals surface area contributed by atoms with Gasteiger partial charge >= 0.3 is 0 Å². The summed E-state index contributed by atoms with van der Waals surface area (Å²) in [6.07, 6.45) is 4.62. The first-order valence-corrected chi connectivity index (χ1v) is 6.91. The summed E-state index contributed by atoms with van der Waals surface area (Å²) in [6.45, 7) is 6.05. The lowest BCUT2D eigenvalue weighted by Gasteiger charge is -2.04. The number of ether oxygens (including phenoxy) is 1. The minimum Gasteiger partial charge on any atom is -0.470 e. The lowest BCUT2D eigenvalue weighted by molar-refractivity contribution is 0.289. The van der Waals surface area contributed by atoms with E-state index in [1.54, 1.807) is 25.5 Å². The molecule has 6 nitrogen and oxygen atoms in total. The summed E-state index contributed by atoms with van der Waals surface area (Å²) in [7, 11) is 0. The number of oxazole rings is 1. The molecular weight excluding hydrogens is 292 g/mol. The maximum absolute atomic E-state index is 5.91. The van der Waals surface area contributed by atoms with Crippen molar-refractivity contribution in [2.45, 2.75) is 27.4 Å². The highest BCUT2D eigenvalue weighted by atomic mass is 35.5. The smallest absolute Gasteiger partial charge is 0.233 e. The molecule has 3 aromatic rings. The second-order valence-electron chi connectivity index (χ2n) is 3.82. The van der Waals surface area contributed by atoms with E-state index in [9.17, 15) is 0 Å². The molecule has 0 saturated carbocycles. The number of aryl methyl sites for hydroxylation is 1. The van der Waals surface area contributed by atoms with Gasteiger partial charge in [-0.1, -0.05) is 25.4 Å². The summed E-state index contributed by atoms with van der Waals surface area (Å²) >= 11 is 5.91. The Morgan fingerprint density at radius 1 is 1.24 bits per heavy atom. The van der Waals surface area contributed by atoms with Gasteiger partial charge in [-0.05, 0) is 6.07 Å². The molecule has 110 valence electrons. The molecule has 0 fully saturated rings. The first kappa shape index (κ1) is 15.2. The molecule has 0 aliphatic heterocycles. The SMILES string of the molecule is CC.Cc1nc(COc2cnc3c(Cl)nccc3n2)co1. The molecule has 0 spiro atoms. The van der Waals surface area contributed by atoms with E-state index in [4.69, 9.17) is 20.8 Å². The van der Waals surface area contributed by atoms with Crippen molar-refractivity contribution in [2.24, 2.45) is 0 Å². The van der Waals surface area contributed by atoms with E-state index >= 15 is 0 Å². The van der Waals surface area contributed by atoms with Gasteiger partial charge in [0.1, 0.15) is 24.1 Å². The van der Waals surface area contributed by atoms with Gasteiger partial charge in [-0.3, -0.25) is 0 Å². The number of aromatic nitrogens is 4. The van der Waals surface area contributed by atoms with Gasteiger partial charge in [0.15, 0.2) is 11.0 Å². The number of halogens is 1. The quantitative estimate of drug-likeness (QED) is 0.689. The largest absolute Gasteiger partial charge is 0.470 e. The van der Waals surface area contributed by atoms with Gasteiger partial charge in [0.2, 0.25) is 5.88 Å². The van der Waals surface area contributed by atoms with E-state index in [0.29, 0.717) is 33.7 Å². The van der Waals surface area contributed by atoms with Crippen molar-refractivity contribution in [3.8, 4) is 5.88 Å². The van der Waals surface area contributed by atoms with E-state index in [0.717, 1.165) is 0 Å². The lowest BCUT2D eigenvalue weighted by Crippen LogP contribution is -1.99. The maximum atomic E-state index is 5.91. The van der Waals surface area contributed by atoms with Crippen molar-refractivity contribution in [3.05, 3.63) is 41.5 Å². The lowest BCUT2D eigenvalue weighted by atomic mass is 10.4. The zero-order valence-electron chi connectivity index (χ0n) is 12.0. The molecule has 3 heterocycles. The Kier molecular flexibility index (Phi) is 5.05. The summed E-state index contributed by atoms with van der Waals surface area (Å²) in [4.78, 5) is 16.5. The first-order valence-electron chi connectivity index (χ1n) is 6.53. The van der Waals surface area contributed by atoms with Crippen LogP contribution in [-0.2, 0) is 6.61 Å². The molecule has 0 N–H and O–H groups in total. The topological polar surface area (TPSA) is 73.9 Å². The Labute approximate surface area is 127 Å². The highest BCUT2D eigenvalue weighted by molar-refractivity contribution is 6.33. The molecule has 0 bridgehead atoms. The highest BCUT2D eigenvalue weighted by Gasteiger charge is 2.06. The van der Waals surface area contributed by atoms with E-state index in [-0.39, 0.29) is 6.61 Å². The molecule has 0 atom stereocenters. The van der Waals surface area contributed by atoms with Gasteiger partial charge in [0, 0.05) is 13.1 Å². The Morgan fingerprint density at radius 3 is 2.76 bits per heavy atom. The van der Waals surface area contributed by atoms with E-state index < -0.39 is 0 Å². The fourth-order valence-electron chi connectivity index (χ4n) is 1.59. The zero-order valence-corrected chi connectivity index (χ0v) is 12.8. The van der Waals surface area contributed by atoms with Gasteiger partial charge in [0.05, 0.1) is 11.7 Å². The number of hydrogen-bond donors (Lipinski definition) is 0. The van der Waals surface area contributed by atoms with Crippen LogP contribution in [-0.4, -0.2) is 19.9 Å². The Bertz CT molecular complexity index is 730. The summed E-state index contributed by atoms with van der Waals surface area (Å²) in [6, 6.07) is 1.72. The maximum Gasteiger partial charge on any atom is 0.233 e. The summed E-state index contributed by atoms with van der Waals surface area (Å²) in [5.41, 5.74) is 1.88. The molecule has 0 unspecified atom stereocenters. The van der Waals surface area contributed by atoms with Crippen LogP contribution in [0.3, 0.4) is 0 Å². The number of pyridine rings is 1. The molecule has 0 saturated heterocycles. The van der Waals surface area contributed by atoms with Gasteiger partial charge in [0.25, 0.3) is 0 Å². The minimum atomic E-state index is 0.274. The standard InChI is InChI=1S/C12H9ClN4O2.C2H6/c1-7-16-8(5-18-7)6-19-10-4-15-11-9(17-10)2-3-14-12(11)13;1-2/h2-5H,6H2,1H3;1-2H3. The Morgan fingerprint density at radius 2 is 2.05 bits per heavy atom. The van der Waals surface area contributed by atoms with Crippen LogP contribution in [0.5, 0.6) is 5.88 Å². The molecule has 0 aromatic carbocycles. The predicted octanol–water partition coefficient (Wildman–Crippen LogP) is 3.58. The normalized spacial score (nSPS) is 10.1. The predicted molar refractivity (Wildman–Crippen MR) is 79.3 cm³/mol. The molecule has 0 aliphatic rings. The number of nitrogens with zero attached hydrogens (tertiary/aromatic N) is 4. The summed E-state index contributed by atoms with van der Waals surface area (Å²) in [5.74, 6) is 0.997. The van der Waals surface area contributed by atoms with Crippen LogP contribution in [0.25, 0.3) is 11.0 Å². The van der Waals surface area contributed by atoms with Gasteiger partial charge < -0.3 is 9.15 Å². The number of hydrogen-bond acceptors (Lipinski definition) is 6. The van der Waals surface area contributed by atoms with Crippen LogP contribution in [0, 0.1) is 6.92 Å². The van der Waals surface area contributed by atoms with E-state index in [2.05, 4.69) is 19.9 Å². The third kappa shape index (κ3) is 3.66. The summed E-state index contributed by atoms with van der Waals surface area (Å²) < 4.78 is 10.6. The Hall–Kier alpha value is -2.21. The summed E-state index contributed by atoms with van der Waals surface area (Å²) in [5, 5.41) is 0.323. The highest BCUT2D eigenvalue weighted by Crippen LogP contribution is 2.19. The minimum absolute atomic E-state index is 0.274. The molecule has 7 heteroatoms. The van der Waals surface area contributed by atoms with Crippen molar-refractivity contribution >= 4 is 22.6 Å². The van der Waals surface area contributed by atoms with Crippen molar-refractivity contribution in [1.29, 1.82) is 0 Å². The van der Waals surface area contributed by atoms with Crippen LogP contribution in [0.2, 0.25) is 5.15 Å². The fourth-order valence-corrected chi connectivity index (χ4v) is 1.79. The van der Waals surface area contributed by atoms with Crippen molar-refractivity contribution in [2.75, 3.05) is 0 Å². The van der Waals surface area contributed by atoms with E-state index in [1.807, 2.05) is 13.8 Å². The van der Waals surface area contributed by atoms with Crippen molar-refractivity contribution in [3.63, 3.8) is 0 Å². The third-order valence-corrected chi connectivity index (χ3v) is 2.70. The monoisotopic (exact) mass is 306 g/mol. The molecule has 0 aliphatic carbocycles. The zero-order chi connectivity index (χ0) is 15.2. The Balaban J connectivity index is 0.000000774. The molecule has 0 radical (unpaired) electrons. The average molecular weight is 307 g/mol. The number of rotatable bonds is 3. The number of fused-ring (bicyclic) bond motifs is 1. The van der Waals surface area contributed by atoms with Gasteiger partial charge in [-0.2, -0.15) is 0 Å². The molecule has 3 aromatic heterocycles. The molecular formula is C14H15ClN4O2. The second-order valence-corrected chi connectivity index (χ2v) is 4.18. The second kappa shape index (κ2) is 6.99. The van der Waals surface area contributed by atoms with Crippen LogP contribution in [0.15, 0.2) is 29.1 Å². The third-order valence-electron chi connectivity index (χ3n) is 2.43. The van der Waals surface area contributed by atoms with Crippen LogP contribution in [0.4, 0.5) is 0 Å². The fraction of sp³-hybridized carbons (Fsp3) is 0.286. The van der Waals surface area contributed by atoms with Crippen molar-refractivity contribution < 1.29 is 9.15 Å². The van der Waals surface area contributed by atoms with Crippen molar-refractivity contribution in [1.82, 2.24) is 19.9 Å². The van der Waals surface area contributed by atoms with Crippen LogP contribution >= 0.6 is 11.6 Å². The first-order chi connectivity index (χ1) is 10.2. The van der Waals surface area contributed by atoms with Gasteiger partial charge in [-0.15, -0.1) is 0 Å². The molecule has 0 amide bonds. The van der Waals surface area contributed by atoms with Crippen LogP contribution < -0.4 is 4.74 Å². The van der Waals surface area contributed by atoms with Crippen LogP contribution in [0.1, 0.15) is 25.4 Å². The van der Waals surface area contributed by atoms with Gasteiger partial charge in [-0.25, -0.2) is 19.9 Å². The molecule has 21 heavy (non-hydrogen) atoms. The average Bonchev–Trinajstić information content (AvgIpc) is 2.93. The molecule has 3 rings (SSSR count).